The number of pyridine rings is 1. The Labute approximate surface area is 139 Å². The van der Waals surface area contributed by atoms with Gasteiger partial charge in [0.05, 0.1) is 12.2 Å². The fourth-order valence-corrected chi connectivity index (χ4v) is 2.91. The molecule has 0 spiro atoms. The number of amides is 1. The second-order valence-electron chi connectivity index (χ2n) is 5.21. The zero-order valence-corrected chi connectivity index (χ0v) is 14.0. The molecular formula is C15H25Cl2N3O. The molecule has 2 N–H and O–H groups in total. The Hall–Kier alpha value is -0.840. The van der Waals surface area contributed by atoms with Gasteiger partial charge in [0, 0.05) is 18.7 Å². The predicted octanol–water partition coefficient (Wildman–Crippen LogP) is 2.65. The van der Waals surface area contributed by atoms with Crippen LogP contribution in [-0.2, 0) is 11.3 Å². The van der Waals surface area contributed by atoms with Gasteiger partial charge in [0.1, 0.15) is 0 Å². The van der Waals surface area contributed by atoms with Crippen molar-refractivity contribution >= 4 is 30.7 Å². The van der Waals surface area contributed by atoms with Crippen LogP contribution in [-0.4, -0.2) is 28.9 Å². The molecule has 6 heteroatoms. The number of nitrogens with two attached hydrogens (primary N) is 1. The average Bonchev–Trinajstić information content (AvgIpc) is 2.93. The second kappa shape index (κ2) is 9.98. The van der Waals surface area contributed by atoms with E-state index < -0.39 is 0 Å². The molecule has 1 aromatic heterocycles. The van der Waals surface area contributed by atoms with Crippen molar-refractivity contribution in [3.8, 4) is 0 Å². The Morgan fingerprint density at radius 1 is 1.38 bits per heavy atom. The van der Waals surface area contributed by atoms with Crippen LogP contribution in [0.25, 0.3) is 0 Å². The fourth-order valence-electron chi connectivity index (χ4n) is 2.91. The average molecular weight is 334 g/mol. The first-order valence-electron chi connectivity index (χ1n) is 7.15. The zero-order valence-electron chi connectivity index (χ0n) is 12.4. The van der Waals surface area contributed by atoms with Crippen LogP contribution in [0.3, 0.4) is 0 Å². The Balaban J connectivity index is 0.00000200. The van der Waals surface area contributed by atoms with Crippen molar-refractivity contribution in [3.63, 3.8) is 0 Å². The van der Waals surface area contributed by atoms with Gasteiger partial charge in [-0.2, -0.15) is 0 Å². The smallest absolute Gasteiger partial charge is 0.226 e. The summed E-state index contributed by atoms with van der Waals surface area (Å²) in [5.74, 6) is 0.736. The van der Waals surface area contributed by atoms with Crippen LogP contribution < -0.4 is 5.73 Å². The normalized spacial score (nSPS) is 20.3. The van der Waals surface area contributed by atoms with Crippen molar-refractivity contribution in [1.82, 2.24) is 9.88 Å². The fraction of sp³-hybridized carbons (Fsp3) is 0.600. The highest BCUT2D eigenvalue weighted by molar-refractivity contribution is 5.85. The molecule has 1 fully saturated rings. The molecule has 2 atom stereocenters. The third kappa shape index (κ3) is 5.13. The number of nitrogens with zero attached hydrogens (tertiary/aromatic N) is 2. The lowest BCUT2D eigenvalue weighted by Gasteiger charge is -2.26. The summed E-state index contributed by atoms with van der Waals surface area (Å²) in [7, 11) is 0. The Morgan fingerprint density at radius 3 is 2.71 bits per heavy atom. The lowest BCUT2D eigenvalue weighted by Crippen LogP contribution is -2.38. The first kappa shape index (κ1) is 20.2. The third-order valence-corrected chi connectivity index (χ3v) is 4.05. The van der Waals surface area contributed by atoms with Gasteiger partial charge in [0.25, 0.3) is 0 Å². The summed E-state index contributed by atoms with van der Waals surface area (Å²) >= 11 is 0. The van der Waals surface area contributed by atoms with E-state index in [-0.39, 0.29) is 36.6 Å². The highest BCUT2D eigenvalue weighted by Gasteiger charge is 2.34. The highest BCUT2D eigenvalue weighted by atomic mass is 35.5. The molecule has 1 heterocycles. The van der Waals surface area contributed by atoms with Gasteiger partial charge < -0.3 is 10.6 Å². The van der Waals surface area contributed by atoms with Crippen LogP contribution in [0.2, 0.25) is 0 Å². The number of carbonyl (C=O) groups is 1. The Bertz CT molecular complexity index is 417. The van der Waals surface area contributed by atoms with Crippen molar-refractivity contribution in [1.29, 1.82) is 0 Å². The van der Waals surface area contributed by atoms with Crippen LogP contribution in [0, 0.1) is 11.8 Å². The maximum Gasteiger partial charge on any atom is 0.226 e. The molecule has 0 saturated heterocycles. The van der Waals surface area contributed by atoms with Gasteiger partial charge >= 0.3 is 0 Å². The zero-order chi connectivity index (χ0) is 13.7. The molecule has 1 amide bonds. The minimum atomic E-state index is 0. The quantitative estimate of drug-likeness (QED) is 0.901. The van der Waals surface area contributed by atoms with Gasteiger partial charge in [-0.05, 0) is 44.4 Å². The van der Waals surface area contributed by atoms with E-state index in [4.69, 9.17) is 5.73 Å². The molecule has 0 radical (unpaired) electrons. The summed E-state index contributed by atoms with van der Waals surface area (Å²) in [4.78, 5) is 18.8. The largest absolute Gasteiger partial charge is 0.337 e. The minimum Gasteiger partial charge on any atom is -0.337 e. The molecule has 21 heavy (non-hydrogen) atoms. The van der Waals surface area contributed by atoms with Gasteiger partial charge in [-0.1, -0.05) is 12.5 Å². The Kier molecular flexibility index (Phi) is 9.58. The highest BCUT2D eigenvalue weighted by Crippen LogP contribution is 2.32. The maximum absolute atomic E-state index is 12.6. The Morgan fingerprint density at radius 2 is 2.14 bits per heavy atom. The summed E-state index contributed by atoms with van der Waals surface area (Å²) in [6.07, 6.45) is 4.97. The predicted molar refractivity (Wildman–Crippen MR) is 89.7 cm³/mol. The van der Waals surface area contributed by atoms with Crippen LogP contribution in [0.4, 0.5) is 0 Å². The number of rotatable bonds is 5. The maximum atomic E-state index is 12.6. The summed E-state index contributed by atoms with van der Waals surface area (Å²) in [6, 6.07) is 5.81. The van der Waals surface area contributed by atoms with Gasteiger partial charge in [-0.15, -0.1) is 24.8 Å². The van der Waals surface area contributed by atoms with Crippen molar-refractivity contribution in [3.05, 3.63) is 30.1 Å². The minimum absolute atomic E-state index is 0. The number of aromatic nitrogens is 1. The van der Waals surface area contributed by atoms with Crippen LogP contribution in [0.15, 0.2) is 24.4 Å². The molecule has 1 aliphatic carbocycles. The van der Waals surface area contributed by atoms with Crippen LogP contribution in [0.1, 0.15) is 31.9 Å². The molecule has 0 aliphatic heterocycles. The van der Waals surface area contributed by atoms with Gasteiger partial charge in [0.2, 0.25) is 5.91 Å². The number of hydrogen-bond acceptors (Lipinski definition) is 3. The first-order chi connectivity index (χ1) is 9.26. The van der Waals surface area contributed by atoms with Crippen LogP contribution in [0.5, 0.6) is 0 Å². The van der Waals surface area contributed by atoms with Gasteiger partial charge in [0.15, 0.2) is 0 Å². The summed E-state index contributed by atoms with van der Waals surface area (Å²) in [6.45, 7) is 3.97. The standard InChI is InChI=1S/C15H23N3O.2ClH/c1-2-18(11-13-7-3-4-9-17-13)15(19)14-8-5-6-12(14)10-16;;/h3-4,7,9,12,14H,2,5-6,8,10-11,16H2,1H3;2*1H/t12-,14-;;/m1../s1. The molecule has 1 aromatic rings. The molecule has 120 valence electrons. The molecule has 0 bridgehead atoms. The molecule has 1 aliphatic rings. The van der Waals surface area contributed by atoms with Crippen molar-refractivity contribution in [2.24, 2.45) is 17.6 Å². The van der Waals surface area contributed by atoms with Gasteiger partial charge in [-0.3, -0.25) is 9.78 Å². The number of hydrogen-bond donors (Lipinski definition) is 1. The molecule has 1 saturated carbocycles. The van der Waals surface area contributed by atoms with Gasteiger partial charge in [-0.25, -0.2) is 0 Å². The monoisotopic (exact) mass is 333 g/mol. The summed E-state index contributed by atoms with van der Waals surface area (Å²) in [5, 5.41) is 0. The summed E-state index contributed by atoms with van der Waals surface area (Å²) < 4.78 is 0. The van der Waals surface area contributed by atoms with E-state index in [1.807, 2.05) is 30.0 Å². The molecule has 0 aromatic carbocycles. The lowest BCUT2D eigenvalue weighted by atomic mass is 9.94. The number of halogens is 2. The van der Waals surface area contributed by atoms with E-state index in [1.54, 1.807) is 6.20 Å². The van der Waals surface area contributed by atoms with E-state index in [2.05, 4.69) is 4.98 Å². The van der Waals surface area contributed by atoms with E-state index in [1.165, 1.54) is 0 Å². The van der Waals surface area contributed by atoms with E-state index in [9.17, 15) is 4.79 Å². The third-order valence-electron chi connectivity index (χ3n) is 4.05. The van der Waals surface area contributed by atoms with Crippen LogP contribution >= 0.6 is 24.8 Å². The van der Waals surface area contributed by atoms with Crippen molar-refractivity contribution in [2.45, 2.75) is 32.7 Å². The first-order valence-corrected chi connectivity index (χ1v) is 7.15. The van der Waals surface area contributed by atoms with Crippen molar-refractivity contribution < 1.29 is 4.79 Å². The lowest BCUT2D eigenvalue weighted by molar-refractivity contribution is -0.137. The molecule has 4 nitrogen and oxygen atoms in total. The molecular weight excluding hydrogens is 309 g/mol. The second-order valence-corrected chi connectivity index (χ2v) is 5.21. The molecule has 0 unspecified atom stereocenters. The van der Waals surface area contributed by atoms with E-state index in [0.717, 1.165) is 31.5 Å². The summed E-state index contributed by atoms with van der Waals surface area (Å²) in [5.41, 5.74) is 6.72. The SMILES string of the molecule is CCN(Cc1ccccn1)C(=O)[C@@H]1CCC[C@@H]1CN.Cl.Cl. The van der Waals surface area contributed by atoms with E-state index >= 15 is 0 Å². The number of carbonyl (C=O) groups excluding carboxylic acids is 1. The topological polar surface area (TPSA) is 59.2 Å². The molecule has 2 rings (SSSR count). The van der Waals surface area contributed by atoms with E-state index in [0.29, 0.717) is 19.0 Å². The van der Waals surface area contributed by atoms with Crippen molar-refractivity contribution in [2.75, 3.05) is 13.1 Å².